The monoisotopic (exact) mass is 441 g/mol. The van der Waals surface area contributed by atoms with Crippen LogP contribution in [0, 0.1) is 6.92 Å². The Labute approximate surface area is 193 Å². The van der Waals surface area contributed by atoms with Gasteiger partial charge in [0.1, 0.15) is 11.5 Å². The van der Waals surface area contributed by atoms with Crippen molar-refractivity contribution in [3.63, 3.8) is 0 Å². The van der Waals surface area contributed by atoms with Gasteiger partial charge in [0.2, 0.25) is 0 Å². The molecule has 0 unspecified atom stereocenters. The highest BCUT2D eigenvalue weighted by atomic mass is 16.5. The van der Waals surface area contributed by atoms with E-state index in [2.05, 4.69) is 28.5 Å². The highest BCUT2D eigenvalue weighted by Crippen LogP contribution is 2.39. The number of fused-ring (bicyclic) bond motifs is 3. The van der Waals surface area contributed by atoms with E-state index in [1.807, 2.05) is 60.4 Å². The molecule has 0 radical (unpaired) electrons. The van der Waals surface area contributed by atoms with Crippen LogP contribution in [-0.4, -0.2) is 36.7 Å². The Morgan fingerprint density at radius 3 is 2.58 bits per heavy atom. The van der Waals surface area contributed by atoms with E-state index in [0.29, 0.717) is 18.0 Å². The Hall–Kier alpha value is -3.93. The van der Waals surface area contributed by atoms with Gasteiger partial charge in [0.05, 0.1) is 25.9 Å². The van der Waals surface area contributed by atoms with Gasteiger partial charge in [-0.05, 0) is 60.4 Å². The molecule has 0 saturated carbocycles. The van der Waals surface area contributed by atoms with Gasteiger partial charge in [0.15, 0.2) is 0 Å². The van der Waals surface area contributed by atoms with Crippen molar-refractivity contribution in [2.45, 2.75) is 19.4 Å². The second-order valence-electron chi connectivity index (χ2n) is 8.32. The summed E-state index contributed by atoms with van der Waals surface area (Å²) >= 11 is 0. The molecular weight excluding hydrogens is 414 g/mol. The van der Waals surface area contributed by atoms with Crippen LogP contribution < -0.4 is 14.8 Å². The average molecular weight is 442 g/mol. The largest absolute Gasteiger partial charge is 0.497 e. The molecule has 1 atom stereocenters. The number of aromatic nitrogens is 1. The lowest BCUT2D eigenvalue weighted by Crippen LogP contribution is -2.43. The van der Waals surface area contributed by atoms with Gasteiger partial charge in [-0.2, -0.15) is 0 Å². The van der Waals surface area contributed by atoms with E-state index < -0.39 is 0 Å². The van der Waals surface area contributed by atoms with Crippen LogP contribution in [0.5, 0.6) is 11.5 Å². The summed E-state index contributed by atoms with van der Waals surface area (Å²) in [4.78, 5) is 19.1. The molecule has 0 spiro atoms. The zero-order chi connectivity index (χ0) is 22.9. The summed E-state index contributed by atoms with van der Waals surface area (Å²) in [7, 11) is 3.26. The van der Waals surface area contributed by atoms with Crippen molar-refractivity contribution >= 4 is 22.6 Å². The lowest BCUT2D eigenvalue weighted by molar-refractivity contribution is 0.193. The molecule has 6 nitrogen and oxygen atoms in total. The molecule has 2 heterocycles. The smallest absolute Gasteiger partial charge is 0.322 e. The van der Waals surface area contributed by atoms with Gasteiger partial charge in [-0.3, -0.25) is 0 Å². The number of hydrogen-bond acceptors (Lipinski definition) is 3. The van der Waals surface area contributed by atoms with Crippen LogP contribution in [-0.2, 0) is 6.42 Å². The number of nitrogens with one attached hydrogen (secondary N) is 2. The second-order valence-corrected chi connectivity index (χ2v) is 8.32. The molecule has 1 aromatic heterocycles. The van der Waals surface area contributed by atoms with E-state index in [9.17, 15) is 4.79 Å². The number of nitrogens with zero attached hydrogens (tertiary/aromatic N) is 1. The van der Waals surface area contributed by atoms with E-state index in [1.54, 1.807) is 14.2 Å². The Bertz CT molecular complexity index is 1310. The number of aryl methyl sites for hydroxylation is 1. The van der Waals surface area contributed by atoms with Gasteiger partial charge in [-0.1, -0.05) is 36.4 Å². The molecule has 0 bridgehead atoms. The molecule has 2 amide bonds. The number of carbonyl (C=O) groups excluding carboxylic acids is 1. The van der Waals surface area contributed by atoms with Gasteiger partial charge < -0.3 is 24.7 Å². The first kappa shape index (κ1) is 20.9. The Morgan fingerprint density at radius 2 is 1.82 bits per heavy atom. The number of amides is 2. The standard InChI is InChI=1S/C27H27N3O3/c1-17-8-13-24(33-3)23(16-17)29-27(31)30-15-14-21-20-6-4-5-7-22(20)28-25(21)26(30)18-9-11-19(32-2)12-10-18/h4-13,16,26,28H,14-15H2,1-3H3,(H,29,31)/t26-/m0/s1. The molecule has 3 aromatic carbocycles. The first-order valence-corrected chi connectivity index (χ1v) is 11.0. The van der Waals surface area contributed by atoms with Gasteiger partial charge in [0, 0.05) is 23.1 Å². The van der Waals surface area contributed by atoms with Crippen LogP contribution in [0.2, 0.25) is 0 Å². The molecule has 0 aliphatic carbocycles. The van der Waals surface area contributed by atoms with Crippen LogP contribution in [0.3, 0.4) is 0 Å². The maximum Gasteiger partial charge on any atom is 0.322 e. The first-order chi connectivity index (χ1) is 16.1. The van der Waals surface area contributed by atoms with Crippen LogP contribution in [0.25, 0.3) is 10.9 Å². The van der Waals surface area contributed by atoms with Crippen LogP contribution >= 0.6 is 0 Å². The number of rotatable bonds is 4. The number of urea groups is 1. The molecule has 6 heteroatoms. The van der Waals surface area contributed by atoms with Gasteiger partial charge in [-0.25, -0.2) is 4.79 Å². The summed E-state index contributed by atoms with van der Waals surface area (Å²) in [5.41, 5.74) is 6.15. The Balaban J connectivity index is 1.57. The third-order valence-electron chi connectivity index (χ3n) is 6.32. The highest BCUT2D eigenvalue weighted by molar-refractivity contribution is 5.93. The Kier molecular flexibility index (Phi) is 5.42. The maximum absolute atomic E-state index is 13.6. The highest BCUT2D eigenvalue weighted by Gasteiger charge is 2.34. The molecule has 0 fully saturated rings. The number of ether oxygens (including phenoxy) is 2. The topological polar surface area (TPSA) is 66.6 Å². The second kappa shape index (κ2) is 8.54. The number of carbonyl (C=O) groups is 1. The fourth-order valence-electron chi connectivity index (χ4n) is 4.70. The Morgan fingerprint density at radius 1 is 1.03 bits per heavy atom. The van der Waals surface area contributed by atoms with Crippen molar-refractivity contribution < 1.29 is 14.3 Å². The lowest BCUT2D eigenvalue weighted by atomic mass is 9.92. The van der Waals surface area contributed by atoms with E-state index >= 15 is 0 Å². The molecule has 0 saturated heterocycles. The third kappa shape index (κ3) is 3.78. The molecule has 4 aromatic rings. The number of aromatic amines is 1. The zero-order valence-electron chi connectivity index (χ0n) is 19.0. The molecule has 1 aliphatic rings. The average Bonchev–Trinajstić information content (AvgIpc) is 3.22. The fourth-order valence-corrected chi connectivity index (χ4v) is 4.70. The normalized spacial score (nSPS) is 15.2. The van der Waals surface area contributed by atoms with E-state index in [0.717, 1.165) is 34.5 Å². The van der Waals surface area contributed by atoms with Crippen molar-refractivity contribution in [2.24, 2.45) is 0 Å². The van der Waals surface area contributed by atoms with Crippen LogP contribution in [0.15, 0.2) is 66.7 Å². The predicted octanol–water partition coefficient (Wildman–Crippen LogP) is 5.67. The summed E-state index contributed by atoms with van der Waals surface area (Å²) in [6, 6.07) is 21.6. The van der Waals surface area contributed by atoms with Crippen LogP contribution in [0.1, 0.15) is 28.4 Å². The van der Waals surface area contributed by atoms with Crippen molar-refractivity contribution in [3.8, 4) is 11.5 Å². The SMILES string of the molecule is COc1ccc([C@H]2c3[nH]c4ccccc4c3CCN2C(=O)Nc2cc(C)ccc2OC)cc1. The molecule has 33 heavy (non-hydrogen) atoms. The number of benzene rings is 3. The quantitative estimate of drug-likeness (QED) is 0.429. The summed E-state index contributed by atoms with van der Waals surface area (Å²) < 4.78 is 10.8. The van der Waals surface area contributed by atoms with Gasteiger partial charge in [-0.15, -0.1) is 0 Å². The van der Waals surface area contributed by atoms with E-state index in [4.69, 9.17) is 9.47 Å². The van der Waals surface area contributed by atoms with Crippen molar-refractivity contribution in [1.29, 1.82) is 0 Å². The van der Waals surface area contributed by atoms with Crippen LogP contribution in [0.4, 0.5) is 10.5 Å². The third-order valence-corrected chi connectivity index (χ3v) is 6.32. The van der Waals surface area contributed by atoms with E-state index in [1.165, 1.54) is 10.9 Å². The number of H-pyrrole nitrogens is 1. The van der Waals surface area contributed by atoms with Crippen molar-refractivity contribution in [3.05, 3.63) is 89.1 Å². The molecule has 2 N–H and O–H groups in total. The summed E-state index contributed by atoms with van der Waals surface area (Å²) in [5.74, 6) is 1.42. The minimum Gasteiger partial charge on any atom is -0.497 e. The van der Waals surface area contributed by atoms with Gasteiger partial charge >= 0.3 is 6.03 Å². The first-order valence-electron chi connectivity index (χ1n) is 11.0. The predicted molar refractivity (Wildman–Crippen MR) is 130 cm³/mol. The molecule has 168 valence electrons. The molecule has 5 rings (SSSR count). The van der Waals surface area contributed by atoms with Crippen molar-refractivity contribution in [2.75, 3.05) is 26.1 Å². The minimum absolute atomic E-state index is 0.163. The number of hydrogen-bond donors (Lipinski definition) is 2. The molecule has 1 aliphatic heterocycles. The maximum atomic E-state index is 13.6. The summed E-state index contributed by atoms with van der Waals surface area (Å²) in [5, 5.41) is 4.30. The fraction of sp³-hybridized carbons (Fsp3) is 0.222. The molecular formula is C27H27N3O3. The van der Waals surface area contributed by atoms with E-state index in [-0.39, 0.29) is 12.1 Å². The van der Waals surface area contributed by atoms with Crippen molar-refractivity contribution in [1.82, 2.24) is 9.88 Å². The lowest BCUT2D eigenvalue weighted by Gasteiger charge is -2.36. The van der Waals surface area contributed by atoms with Gasteiger partial charge in [0.25, 0.3) is 0 Å². The number of para-hydroxylation sites is 1. The zero-order valence-corrected chi connectivity index (χ0v) is 19.0. The minimum atomic E-state index is -0.247. The number of anilines is 1. The summed E-state index contributed by atoms with van der Waals surface area (Å²) in [6.07, 6.45) is 0.782. The summed E-state index contributed by atoms with van der Waals surface area (Å²) in [6.45, 7) is 2.60. The number of methoxy groups -OCH3 is 2.